The number of ketones is 1. The molecule has 1 aromatic rings. The van der Waals surface area contributed by atoms with Gasteiger partial charge in [-0.3, -0.25) is 9.78 Å². The van der Waals surface area contributed by atoms with Gasteiger partial charge in [-0.2, -0.15) is 0 Å². The number of aliphatic hydroxyl groups is 2. The summed E-state index contributed by atoms with van der Waals surface area (Å²) in [6, 6.07) is 2.95. The topological polar surface area (TPSA) is 119 Å². The van der Waals surface area contributed by atoms with E-state index in [9.17, 15) is 15.0 Å². The van der Waals surface area contributed by atoms with Crippen molar-refractivity contribution in [2.75, 3.05) is 6.54 Å². The van der Waals surface area contributed by atoms with Crippen LogP contribution in [0.1, 0.15) is 29.1 Å². The number of aromatic nitrogens is 1. The molecule has 0 radical (unpaired) electrons. The largest absolute Gasteiger partial charge is 0.390 e. The second-order valence-corrected chi connectivity index (χ2v) is 3.45. The first-order valence-electron chi connectivity index (χ1n) is 4.90. The number of azide groups is 1. The van der Waals surface area contributed by atoms with Crippen LogP contribution in [0.2, 0.25) is 0 Å². The molecule has 0 saturated carbocycles. The second-order valence-electron chi connectivity index (χ2n) is 3.45. The first-order chi connectivity index (χ1) is 8.06. The number of carbonyl (C=O) groups excluding carboxylic acids is 1. The molecule has 0 aromatic carbocycles. The lowest BCUT2D eigenvalue weighted by atomic mass is 10.1. The Morgan fingerprint density at radius 2 is 2.29 bits per heavy atom. The van der Waals surface area contributed by atoms with Gasteiger partial charge in [0.1, 0.15) is 6.10 Å². The van der Waals surface area contributed by atoms with Crippen LogP contribution in [0.4, 0.5) is 0 Å². The molecule has 7 heteroatoms. The van der Waals surface area contributed by atoms with Crippen molar-refractivity contribution in [3.63, 3.8) is 0 Å². The third-order valence-electron chi connectivity index (χ3n) is 2.19. The molecular formula is C10H12N4O3. The van der Waals surface area contributed by atoms with Gasteiger partial charge >= 0.3 is 0 Å². The summed E-state index contributed by atoms with van der Waals surface area (Å²) in [4.78, 5) is 17.3. The van der Waals surface area contributed by atoms with Gasteiger partial charge in [-0.25, -0.2) is 0 Å². The maximum absolute atomic E-state index is 11.0. The molecule has 0 saturated heterocycles. The average molecular weight is 236 g/mol. The van der Waals surface area contributed by atoms with Crippen LogP contribution in [-0.2, 0) is 0 Å². The summed E-state index contributed by atoms with van der Waals surface area (Å²) >= 11 is 0. The Labute approximate surface area is 97.4 Å². The Bertz CT molecular complexity index is 439. The van der Waals surface area contributed by atoms with Crippen molar-refractivity contribution in [1.82, 2.24) is 4.98 Å². The van der Waals surface area contributed by atoms with E-state index in [0.29, 0.717) is 5.56 Å². The first-order valence-corrected chi connectivity index (χ1v) is 4.90. The van der Waals surface area contributed by atoms with Crippen LogP contribution in [0, 0.1) is 0 Å². The smallest absolute Gasteiger partial charge is 0.161 e. The molecule has 0 aliphatic heterocycles. The standard InChI is InChI=1S/C10H12N4O3/c1-6(15)7-2-3-8(12-4-7)10(17)9(16)5-13-14-11/h2-4,9-10,16-17H,5H2,1H3. The molecule has 1 heterocycles. The lowest BCUT2D eigenvalue weighted by molar-refractivity contribution is 0.0218. The molecule has 2 unspecified atom stereocenters. The average Bonchev–Trinajstić information content (AvgIpc) is 2.35. The predicted molar refractivity (Wildman–Crippen MR) is 59.2 cm³/mol. The van der Waals surface area contributed by atoms with E-state index < -0.39 is 12.2 Å². The molecule has 0 aliphatic carbocycles. The normalized spacial score (nSPS) is 13.6. The lowest BCUT2D eigenvalue weighted by Crippen LogP contribution is -2.22. The minimum absolute atomic E-state index is 0.131. The van der Waals surface area contributed by atoms with Crippen molar-refractivity contribution in [2.45, 2.75) is 19.1 Å². The zero-order chi connectivity index (χ0) is 12.8. The van der Waals surface area contributed by atoms with E-state index in [0.717, 1.165) is 0 Å². The second kappa shape index (κ2) is 5.95. The van der Waals surface area contributed by atoms with Crippen LogP contribution < -0.4 is 0 Å². The van der Waals surface area contributed by atoms with Gasteiger partial charge in [0.2, 0.25) is 0 Å². The van der Waals surface area contributed by atoms with Crippen molar-refractivity contribution < 1.29 is 15.0 Å². The number of aliphatic hydroxyl groups excluding tert-OH is 2. The van der Waals surface area contributed by atoms with E-state index in [4.69, 9.17) is 5.53 Å². The van der Waals surface area contributed by atoms with Gasteiger partial charge in [-0.15, -0.1) is 0 Å². The van der Waals surface area contributed by atoms with Crippen molar-refractivity contribution >= 4 is 5.78 Å². The van der Waals surface area contributed by atoms with E-state index in [1.165, 1.54) is 25.3 Å². The van der Waals surface area contributed by atoms with Gasteiger partial charge < -0.3 is 10.2 Å². The molecular weight excluding hydrogens is 224 g/mol. The monoisotopic (exact) mass is 236 g/mol. The highest BCUT2D eigenvalue weighted by Crippen LogP contribution is 2.15. The van der Waals surface area contributed by atoms with Crippen LogP contribution in [0.3, 0.4) is 0 Å². The van der Waals surface area contributed by atoms with E-state index in [1.807, 2.05) is 0 Å². The summed E-state index contributed by atoms with van der Waals surface area (Å²) in [5, 5.41) is 22.3. The van der Waals surface area contributed by atoms with Crippen molar-refractivity contribution in [1.29, 1.82) is 0 Å². The number of rotatable bonds is 5. The number of hydrogen-bond acceptors (Lipinski definition) is 5. The molecule has 1 rings (SSSR count). The minimum atomic E-state index is -1.25. The molecule has 0 aliphatic rings. The summed E-state index contributed by atoms with van der Waals surface area (Å²) in [6.07, 6.45) is -1.15. The number of nitrogens with zero attached hydrogens (tertiary/aromatic N) is 4. The fraction of sp³-hybridized carbons (Fsp3) is 0.400. The Morgan fingerprint density at radius 1 is 1.59 bits per heavy atom. The lowest BCUT2D eigenvalue weighted by Gasteiger charge is -2.15. The van der Waals surface area contributed by atoms with Gasteiger partial charge in [0.05, 0.1) is 18.3 Å². The van der Waals surface area contributed by atoms with Crippen LogP contribution in [0.25, 0.3) is 10.4 Å². The summed E-state index contributed by atoms with van der Waals surface area (Å²) < 4.78 is 0. The van der Waals surface area contributed by atoms with Crippen LogP contribution in [-0.4, -0.2) is 33.6 Å². The molecule has 0 amide bonds. The number of carbonyl (C=O) groups is 1. The highest BCUT2D eigenvalue weighted by atomic mass is 16.3. The van der Waals surface area contributed by atoms with Gasteiger partial charge in [0.15, 0.2) is 5.78 Å². The van der Waals surface area contributed by atoms with Crippen LogP contribution >= 0.6 is 0 Å². The van der Waals surface area contributed by atoms with Crippen LogP contribution in [0.15, 0.2) is 23.4 Å². The highest BCUT2D eigenvalue weighted by molar-refractivity contribution is 5.93. The predicted octanol–water partition coefficient (Wildman–Crippen LogP) is 0.989. The molecule has 2 N–H and O–H groups in total. The molecule has 0 fully saturated rings. The van der Waals surface area contributed by atoms with Gasteiger partial charge in [0, 0.05) is 16.7 Å². The highest BCUT2D eigenvalue weighted by Gasteiger charge is 2.18. The maximum atomic E-state index is 11.0. The summed E-state index contributed by atoms with van der Waals surface area (Å²) in [6.45, 7) is 1.16. The molecule has 17 heavy (non-hydrogen) atoms. The van der Waals surface area contributed by atoms with Crippen molar-refractivity contribution in [3.8, 4) is 0 Å². The molecule has 1 aromatic heterocycles. The van der Waals surface area contributed by atoms with E-state index >= 15 is 0 Å². The van der Waals surface area contributed by atoms with Crippen LogP contribution in [0.5, 0.6) is 0 Å². The third-order valence-corrected chi connectivity index (χ3v) is 2.19. The third kappa shape index (κ3) is 3.53. The SMILES string of the molecule is CC(=O)c1ccc(C(O)C(O)CN=[N+]=[N-])nc1. The first kappa shape index (κ1) is 13.1. The molecule has 2 atom stereocenters. The number of hydrogen-bond donors (Lipinski definition) is 2. The molecule has 90 valence electrons. The quantitative estimate of drug-likeness (QED) is 0.343. The Hall–Kier alpha value is -1.95. The Balaban J connectivity index is 2.78. The van der Waals surface area contributed by atoms with E-state index in [1.54, 1.807) is 0 Å². The molecule has 0 spiro atoms. The van der Waals surface area contributed by atoms with E-state index in [2.05, 4.69) is 15.0 Å². The molecule has 7 nitrogen and oxygen atoms in total. The summed E-state index contributed by atoms with van der Waals surface area (Å²) in [5.74, 6) is -0.131. The zero-order valence-corrected chi connectivity index (χ0v) is 9.19. The number of Topliss-reactive ketones (excluding diaryl/α,β-unsaturated/α-hetero) is 1. The van der Waals surface area contributed by atoms with Gasteiger partial charge in [-0.05, 0) is 24.6 Å². The van der Waals surface area contributed by atoms with Crippen molar-refractivity contribution in [2.24, 2.45) is 5.11 Å². The maximum Gasteiger partial charge on any atom is 0.161 e. The Kier molecular flexibility index (Phi) is 4.59. The van der Waals surface area contributed by atoms with Gasteiger partial charge in [0.25, 0.3) is 0 Å². The summed E-state index contributed by atoms with van der Waals surface area (Å²) in [5.41, 5.74) is 8.72. The fourth-order valence-electron chi connectivity index (χ4n) is 1.21. The Morgan fingerprint density at radius 3 is 2.76 bits per heavy atom. The van der Waals surface area contributed by atoms with Gasteiger partial charge in [-0.1, -0.05) is 5.11 Å². The van der Waals surface area contributed by atoms with E-state index in [-0.39, 0.29) is 18.0 Å². The van der Waals surface area contributed by atoms with Crippen molar-refractivity contribution in [3.05, 3.63) is 40.0 Å². The summed E-state index contributed by atoms with van der Waals surface area (Å²) in [7, 11) is 0. The zero-order valence-electron chi connectivity index (χ0n) is 9.19. The molecule has 0 bridgehead atoms. The fourth-order valence-corrected chi connectivity index (χ4v) is 1.21. The minimum Gasteiger partial charge on any atom is -0.390 e. The number of pyridine rings is 1.